The maximum atomic E-state index is 13.3. The highest BCUT2D eigenvalue weighted by Crippen LogP contribution is 2.42. The lowest BCUT2D eigenvalue weighted by Crippen LogP contribution is -2.44. The van der Waals surface area contributed by atoms with Crippen molar-refractivity contribution in [1.82, 2.24) is 19.7 Å². The molecule has 2 aliphatic rings. The van der Waals surface area contributed by atoms with Crippen molar-refractivity contribution in [2.75, 3.05) is 6.54 Å². The van der Waals surface area contributed by atoms with Crippen LogP contribution in [-0.2, 0) is 16.8 Å². The van der Waals surface area contributed by atoms with Gasteiger partial charge in [-0.25, -0.2) is 14.0 Å². The van der Waals surface area contributed by atoms with Crippen molar-refractivity contribution < 1.29 is 4.79 Å². The number of hydrogen-bond donors (Lipinski definition) is 1. The van der Waals surface area contributed by atoms with Crippen LogP contribution in [0.2, 0.25) is 5.02 Å². The quantitative estimate of drug-likeness (QED) is 0.586. The summed E-state index contributed by atoms with van der Waals surface area (Å²) in [6.07, 6.45) is 5.83. The van der Waals surface area contributed by atoms with Crippen LogP contribution < -0.4 is 11.0 Å². The molecule has 1 N–H and O–H groups in total. The van der Waals surface area contributed by atoms with Crippen molar-refractivity contribution in [3.8, 4) is 5.69 Å². The van der Waals surface area contributed by atoms with Gasteiger partial charge in [-0.05, 0) is 55.5 Å². The summed E-state index contributed by atoms with van der Waals surface area (Å²) in [6, 6.07) is 17.3. The van der Waals surface area contributed by atoms with Gasteiger partial charge in [0, 0.05) is 17.5 Å². The van der Waals surface area contributed by atoms with E-state index in [4.69, 9.17) is 11.6 Å². The predicted molar refractivity (Wildman–Crippen MR) is 124 cm³/mol. The monoisotopic (exact) mass is 450 g/mol. The van der Waals surface area contributed by atoms with Crippen LogP contribution in [0.4, 0.5) is 0 Å². The van der Waals surface area contributed by atoms with Crippen molar-refractivity contribution in [2.45, 2.75) is 56.4 Å². The van der Waals surface area contributed by atoms with Gasteiger partial charge in [0.15, 0.2) is 0 Å². The zero-order chi connectivity index (χ0) is 22.1. The Morgan fingerprint density at radius 2 is 1.75 bits per heavy atom. The number of aromatic nitrogens is 3. The molecular weight excluding hydrogens is 424 g/mol. The number of rotatable bonds is 7. The molecule has 0 radical (unpaired) electrons. The lowest BCUT2D eigenvalue weighted by molar-refractivity contribution is -0.126. The summed E-state index contributed by atoms with van der Waals surface area (Å²) in [5, 5.41) is 8.38. The summed E-state index contributed by atoms with van der Waals surface area (Å²) in [6.45, 7) is 0.713. The molecule has 0 saturated heterocycles. The van der Waals surface area contributed by atoms with Crippen LogP contribution in [0.3, 0.4) is 0 Å². The van der Waals surface area contributed by atoms with Gasteiger partial charge in [0.25, 0.3) is 0 Å². The Labute approximate surface area is 192 Å². The molecule has 166 valence electrons. The number of amides is 1. The summed E-state index contributed by atoms with van der Waals surface area (Å²) in [5.74, 6) is 1.18. The molecule has 2 saturated carbocycles. The first-order valence-corrected chi connectivity index (χ1v) is 11.8. The van der Waals surface area contributed by atoms with E-state index in [2.05, 4.69) is 10.4 Å². The summed E-state index contributed by atoms with van der Waals surface area (Å²) in [4.78, 5) is 26.4. The van der Waals surface area contributed by atoms with Crippen LogP contribution in [0.15, 0.2) is 59.4 Å². The molecule has 2 aromatic carbocycles. The van der Waals surface area contributed by atoms with Crippen molar-refractivity contribution >= 4 is 17.5 Å². The summed E-state index contributed by atoms with van der Waals surface area (Å²) >= 11 is 6.05. The first-order valence-electron chi connectivity index (χ1n) is 11.4. The summed E-state index contributed by atoms with van der Waals surface area (Å²) in [7, 11) is 0. The Bertz CT molecular complexity index is 1160. The minimum absolute atomic E-state index is 0.0234. The molecule has 32 heavy (non-hydrogen) atoms. The summed E-state index contributed by atoms with van der Waals surface area (Å²) < 4.78 is 3.20. The third-order valence-electron chi connectivity index (χ3n) is 6.72. The molecule has 7 heteroatoms. The third-order valence-corrected chi connectivity index (χ3v) is 6.97. The second-order valence-electron chi connectivity index (χ2n) is 8.86. The molecule has 0 atom stereocenters. The number of nitrogens with zero attached hydrogens (tertiary/aromatic N) is 3. The van der Waals surface area contributed by atoms with Gasteiger partial charge in [0.05, 0.1) is 17.6 Å². The lowest BCUT2D eigenvalue weighted by Gasteiger charge is -2.28. The smallest absolute Gasteiger partial charge is 0.350 e. The summed E-state index contributed by atoms with van der Waals surface area (Å²) in [5.41, 5.74) is 1.18. The molecule has 2 aliphatic carbocycles. The number of hydrogen-bond acceptors (Lipinski definition) is 3. The highest BCUT2D eigenvalue weighted by atomic mass is 35.5. The van der Waals surface area contributed by atoms with E-state index >= 15 is 0 Å². The van der Waals surface area contributed by atoms with Gasteiger partial charge in [0.2, 0.25) is 5.91 Å². The van der Waals surface area contributed by atoms with Crippen LogP contribution in [0, 0.1) is 0 Å². The first kappa shape index (κ1) is 21.0. The molecule has 0 bridgehead atoms. The number of benzene rings is 2. The molecule has 5 rings (SSSR count). The van der Waals surface area contributed by atoms with Crippen molar-refractivity contribution in [3.63, 3.8) is 0 Å². The van der Waals surface area contributed by atoms with E-state index in [-0.39, 0.29) is 11.6 Å². The van der Waals surface area contributed by atoms with E-state index in [0.717, 1.165) is 55.6 Å². The molecule has 1 heterocycles. The molecule has 0 unspecified atom stereocenters. The fraction of sp³-hybridized carbons (Fsp3) is 0.400. The maximum absolute atomic E-state index is 13.3. The topological polar surface area (TPSA) is 68.9 Å². The van der Waals surface area contributed by atoms with Crippen LogP contribution in [0.25, 0.3) is 5.69 Å². The highest BCUT2D eigenvalue weighted by Gasteiger charge is 2.42. The van der Waals surface area contributed by atoms with E-state index in [1.54, 1.807) is 4.57 Å². The number of carbonyl (C=O) groups is 1. The molecule has 6 nitrogen and oxygen atoms in total. The standard InChI is InChI=1S/C25H27ClN4O2/c26-20-12-10-19(11-13-20)25(14-4-5-15-25)23(31)27-16-17-29-24(32)30(21-6-2-1-3-7-21)22(28-29)18-8-9-18/h1-3,6-7,10-13,18H,4-5,8-9,14-17H2,(H,27,31). The van der Waals surface area contributed by atoms with Gasteiger partial charge in [0.1, 0.15) is 5.82 Å². The first-order chi connectivity index (χ1) is 15.6. The van der Waals surface area contributed by atoms with Gasteiger partial charge in [-0.3, -0.25) is 4.79 Å². The number of carbonyl (C=O) groups excluding carboxylic acids is 1. The Morgan fingerprint density at radius 1 is 1.06 bits per heavy atom. The molecular formula is C25H27ClN4O2. The van der Waals surface area contributed by atoms with Crippen molar-refractivity contribution in [2.24, 2.45) is 0 Å². The SMILES string of the molecule is O=C(NCCn1nc(C2CC2)n(-c2ccccc2)c1=O)C1(c2ccc(Cl)cc2)CCCC1. The Hall–Kier alpha value is -2.86. The number of nitrogens with one attached hydrogen (secondary N) is 1. The average molecular weight is 451 g/mol. The van der Waals surface area contributed by atoms with Gasteiger partial charge in [-0.2, -0.15) is 5.10 Å². The van der Waals surface area contributed by atoms with Gasteiger partial charge >= 0.3 is 5.69 Å². The van der Waals surface area contributed by atoms with E-state index in [1.165, 1.54) is 4.68 Å². The normalized spacial score (nSPS) is 17.4. The molecule has 3 aromatic rings. The minimum atomic E-state index is -0.516. The molecule has 1 aromatic heterocycles. The second kappa shape index (κ2) is 8.58. The van der Waals surface area contributed by atoms with Crippen LogP contribution in [-0.4, -0.2) is 26.8 Å². The van der Waals surface area contributed by atoms with Crippen molar-refractivity contribution in [3.05, 3.63) is 81.5 Å². The van der Waals surface area contributed by atoms with Gasteiger partial charge in [-0.15, -0.1) is 0 Å². The van der Waals surface area contributed by atoms with E-state index in [9.17, 15) is 9.59 Å². The molecule has 2 fully saturated rings. The molecule has 0 spiro atoms. The van der Waals surface area contributed by atoms with E-state index in [0.29, 0.717) is 24.0 Å². The van der Waals surface area contributed by atoms with Crippen molar-refractivity contribution in [1.29, 1.82) is 0 Å². The highest BCUT2D eigenvalue weighted by molar-refractivity contribution is 6.30. The fourth-order valence-corrected chi connectivity index (χ4v) is 4.96. The largest absolute Gasteiger partial charge is 0.353 e. The number of halogens is 1. The second-order valence-corrected chi connectivity index (χ2v) is 9.30. The van der Waals surface area contributed by atoms with Gasteiger partial charge < -0.3 is 5.32 Å². The Morgan fingerprint density at radius 3 is 2.41 bits per heavy atom. The van der Waals surface area contributed by atoms with E-state index in [1.807, 2.05) is 54.6 Å². The number of para-hydroxylation sites is 1. The predicted octanol–water partition coefficient (Wildman–Crippen LogP) is 4.19. The average Bonchev–Trinajstić information content (AvgIpc) is 3.44. The molecule has 0 aliphatic heterocycles. The van der Waals surface area contributed by atoms with Crippen LogP contribution in [0.1, 0.15) is 55.8 Å². The Balaban J connectivity index is 1.33. The fourth-order valence-electron chi connectivity index (χ4n) is 4.83. The Kier molecular flexibility index (Phi) is 5.64. The van der Waals surface area contributed by atoms with Crippen LogP contribution >= 0.6 is 11.6 Å². The molecule has 1 amide bonds. The zero-order valence-corrected chi connectivity index (χ0v) is 18.7. The lowest BCUT2D eigenvalue weighted by atomic mass is 9.78. The van der Waals surface area contributed by atoms with E-state index < -0.39 is 5.41 Å². The maximum Gasteiger partial charge on any atom is 0.350 e. The minimum Gasteiger partial charge on any atom is -0.353 e. The third kappa shape index (κ3) is 3.88. The van der Waals surface area contributed by atoms with Gasteiger partial charge in [-0.1, -0.05) is 54.8 Å². The van der Waals surface area contributed by atoms with Crippen LogP contribution in [0.5, 0.6) is 0 Å². The zero-order valence-electron chi connectivity index (χ0n) is 18.0.